The van der Waals surface area contributed by atoms with Crippen LogP contribution in [0.2, 0.25) is 0 Å². The topological polar surface area (TPSA) is 217 Å². The van der Waals surface area contributed by atoms with Crippen LogP contribution in [-0.4, -0.2) is 190 Å². The summed E-state index contributed by atoms with van der Waals surface area (Å²) in [6.07, 6.45) is 0. The zero-order valence-electron chi connectivity index (χ0n) is 25.6. The van der Waals surface area contributed by atoms with Crippen molar-refractivity contribution in [2.45, 2.75) is 0 Å². The molecule has 0 bridgehead atoms. The maximum atomic E-state index is 5.83. The number of hydrogen-bond donors (Lipinski definition) is 10. The highest BCUT2D eigenvalue weighted by atomic mass is 15.3. The highest BCUT2D eigenvalue weighted by molar-refractivity contribution is 4.72. The first-order chi connectivity index (χ1) is 19.6. The van der Waals surface area contributed by atoms with E-state index in [0.717, 1.165) is 131 Å². The van der Waals surface area contributed by atoms with Gasteiger partial charge in [0.2, 0.25) is 0 Å². The van der Waals surface area contributed by atoms with E-state index in [0.29, 0.717) is 39.3 Å². The van der Waals surface area contributed by atoms with Gasteiger partial charge in [-0.05, 0) is 0 Å². The third-order valence-electron chi connectivity index (χ3n) is 6.79. The van der Waals surface area contributed by atoms with E-state index < -0.39 is 0 Å². The molecule has 0 rings (SSSR count). The molecule has 16 N–H and O–H groups in total. The summed E-state index contributed by atoms with van der Waals surface area (Å²) in [6, 6.07) is 0. The van der Waals surface area contributed by atoms with E-state index in [1.54, 1.807) is 0 Å². The fourth-order valence-electron chi connectivity index (χ4n) is 4.41. The number of nitrogens with one attached hydrogen (secondary N) is 4. The monoisotopic (exact) mass is 577 g/mol. The molecule has 0 aliphatic heterocycles. The number of nitrogens with two attached hydrogens (primary N) is 6. The third-order valence-corrected chi connectivity index (χ3v) is 6.79. The fraction of sp³-hybridized carbons (Fsp3) is 1.00. The maximum Gasteiger partial charge on any atom is 0.0110 e. The van der Waals surface area contributed by atoms with Gasteiger partial charge in [-0.3, -0.25) is 19.6 Å². The van der Waals surface area contributed by atoms with Crippen molar-refractivity contribution >= 4 is 0 Å². The lowest BCUT2D eigenvalue weighted by Crippen LogP contribution is -2.47. The fourth-order valence-corrected chi connectivity index (χ4v) is 4.41. The Labute approximate surface area is 245 Å². The molecule has 0 spiro atoms. The second-order valence-electron chi connectivity index (χ2n) is 10.1. The van der Waals surface area contributed by atoms with E-state index in [1.165, 1.54) is 0 Å². The lowest BCUT2D eigenvalue weighted by Gasteiger charge is -2.31. The minimum atomic E-state index is 0.654. The van der Waals surface area contributed by atoms with E-state index in [2.05, 4.69) is 40.9 Å². The van der Waals surface area contributed by atoms with Gasteiger partial charge in [-0.15, -0.1) is 0 Å². The molecule has 0 saturated heterocycles. The lowest BCUT2D eigenvalue weighted by atomic mass is 10.3. The predicted molar refractivity (Wildman–Crippen MR) is 172 cm³/mol. The number of rotatable bonds is 33. The van der Waals surface area contributed by atoms with Gasteiger partial charge in [0, 0.05) is 170 Å². The quantitative estimate of drug-likeness (QED) is 0.0329. The summed E-state index contributed by atoms with van der Waals surface area (Å²) in [5, 5.41) is 13.8. The Hall–Kier alpha value is -0.560. The first kappa shape index (κ1) is 39.4. The SMILES string of the molecule is NCCNCCN(CCNCCN)CCN(CCNCCN)CCN(CCNCCN)CCN(CCN)CCN. The summed E-state index contributed by atoms with van der Waals surface area (Å²) in [4.78, 5) is 10.0. The molecule has 14 heteroatoms. The molecule has 0 amide bonds. The molecule has 0 aromatic rings. The van der Waals surface area contributed by atoms with Gasteiger partial charge < -0.3 is 55.7 Å². The summed E-state index contributed by atoms with van der Waals surface area (Å²) in [6.45, 7) is 22.9. The molecule has 0 heterocycles. The van der Waals surface area contributed by atoms with Crippen molar-refractivity contribution in [2.24, 2.45) is 34.4 Å². The van der Waals surface area contributed by atoms with Crippen molar-refractivity contribution in [2.75, 3.05) is 170 Å². The van der Waals surface area contributed by atoms with E-state index in [-0.39, 0.29) is 0 Å². The second-order valence-corrected chi connectivity index (χ2v) is 10.1. The van der Waals surface area contributed by atoms with Crippen molar-refractivity contribution in [3.63, 3.8) is 0 Å². The molecule has 0 aliphatic rings. The molecule has 0 fully saturated rings. The van der Waals surface area contributed by atoms with Gasteiger partial charge >= 0.3 is 0 Å². The molecule has 0 aliphatic carbocycles. The van der Waals surface area contributed by atoms with Crippen LogP contribution < -0.4 is 55.7 Å². The summed E-state index contributed by atoms with van der Waals surface area (Å²) < 4.78 is 0. The summed E-state index contributed by atoms with van der Waals surface area (Å²) in [5.74, 6) is 0. The number of nitrogens with zero attached hydrogens (tertiary/aromatic N) is 4. The first-order valence-electron chi connectivity index (χ1n) is 15.6. The Balaban J connectivity index is 5.09. The van der Waals surface area contributed by atoms with Crippen LogP contribution in [0.25, 0.3) is 0 Å². The normalized spacial score (nSPS) is 12.2. The van der Waals surface area contributed by atoms with Crippen LogP contribution in [0.5, 0.6) is 0 Å². The zero-order valence-corrected chi connectivity index (χ0v) is 25.6. The van der Waals surface area contributed by atoms with Crippen molar-refractivity contribution in [3.05, 3.63) is 0 Å². The smallest absolute Gasteiger partial charge is 0.0110 e. The Morgan fingerprint density at radius 2 is 0.475 bits per heavy atom. The van der Waals surface area contributed by atoms with Crippen LogP contribution in [0, 0.1) is 0 Å². The van der Waals surface area contributed by atoms with Gasteiger partial charge in [-0.1, -0.05) is 0 Å². The average molecular weight is 577 g/mol. The summed E-state index contributed by atoms with van der Waals surface area (Å²) >= 11 is 0. The van der Waals surface area contributed by atoms with Crippen LogP contribution in [0.15, 0.2) is 0 Å². The van der Waals surface area contributed by atoms with E-state index in [1.807, 2.05) is 0 Å². The van der Waals surface area contributed by atoms with E-state index >= 15 is 0 Å². The Morgan fingerprint density at radius 1 is 0.250 bits per heavy atom. The zero-order chi connectivity index (χ0) is 29.5. The average Bonchev–Trinajstić information content (AvgIpc) is 2.96. The highest BCUT2D eigenvalue weighted by Crippen LogP contribution is 1.97. The lowest BCUT2D eigenvalue weighted by molar-refractivity contribution is 0.163. The molecule has 0 radical (unpaired) electrons. The summed E-state index contributed by atoms with van der Waals surface area (Å²) in [7, 11) is 0. The molecular weight excluding hydrogens is 508 g/mol. The minimum Gasteiger partial charge on any atom is -0.329 e. The van der Waals surface area contributed by atoms with Crippen LogP contribution >= 0.6 is 0 Å². The summed E-state index contributed by atoms with van der Waals surface area (Å²) in [5.41, 5.74) is 34.3. The predicted octanol–water partition coefficient (Wildman–Crippen LogP) is -5.70. The molecular formula is C26H68N14. The van der Waals surface area contributed by atoms with Gasteiger partial charge in [0.25, 0.3) is 0 Å². The van der Waals surface area contributed by atoms with Crippen LogP contribution in [0.3, 0.4) is 0 Å². The van der Waals surface area contributed by atoms with E-state index in [4.69, 9.17) is 34.4 Å². The van der Waals surface area contributed by atoms with Gasteiger partial charge in [0.05, 0.1) is 0 Å². The van der Waals surface area contributed by atoms with Crippen molar-refractivity contribution in [1.82, 2.24) is 40.9 Å². The standard InChI is InChI=1S/C26H68N14/c27-1-7-33-11-17-38(18-12-34-8-2-28)22-24-40(20-14-36-10-4-30)26-25-39(19-13-35-9-3-29)23-21-37(15-5-31)16-6-32/h33-36H,1-32H2. The van der Waals surface area contributed by atoms with Crippen LogP contribution in [0.1, 0.15) is 0 Å². The Morgan fingerprint density at radius 3 is 0.700 bits per heavy atom. The highest BCUT2D eigenvalue weighted by Gasteiger charge is 2.13. The van der Waals surface area contributed by atoms with E-state index in [9.17, 15) is 0 Å². The molecule has 40 heavy (non-hydrogen) atoms. The molecule has 242 valence electrons. The van der Waals surface area contributed by atoms with Crippen molar-refractivity contribution in [3.8, 4) is 0 Å². The largest absolute Gasteiger partial charge is 0.329 e. The minimum absolute atomic E-state index is 0.654. The molecule has 14 nitrogen and oxygen atoms in total. The Kier molecular flexibility index (Phi) is 30.9. The van der Waals surface area contributed by atoms with Crippen LogP contribution in [0.4, 0.5) is 0 Å². The molecule has 0 aromatic heterocycles. The van der Waals surface area contributed by atoms with Gasteiger partial charge in [-0.2, -0.15) is 0 Å². The Bertz CT molecular complexity index is 472. The van der Waals surface area contributed by atoms with Crippen molar-refractivity contribution < 1.29 is 0 Å². The van der Waals surface area contributed by atoms with Crippen LogP contribution in [-0.2, 0) is 0 Å². The maximum absolute atomic E-state index is 5.83. The number of hydrogen-bond acceptors (Lipinski definition) is 14. The second kappa shape index (κ2) is 31.4. The van der Waals surface area contributed by atoms with Gasteiger partial charge in [0.1, 0.15) is 0 Å². The molecule has 0 saturated carbocycles. The molecule has 0 atom stereocenters. The third kappa shape index (κ3) is 25.2. The van der Waals surface area contributed by atoms with Gasteiger partial charge in [0.15, 0.2) is 0 Å². The first-order valence-corrected chi connectivity index (χ1v) is 15.6. The molecule has 0 unspecified atom stereocenters. The van der Waals surface area contributed by atoms with Crippen molar-refractivity contribution in [1.29, 1.82) is 0 Å². The van der Waals surface area contributed by atoms with Gasteiger partial charge in [-0.25, -0.2) is 0 Å². The molecule has 0 aromatic carbocycles.